The van der Waals surface area contributed by atoms with Crippen molar-refractivity contribution in [3.05, 3.63) is 27.7 Å². The van der Waals surface area contributed by atoms with Crippen LogP contribution in [0.2, 0.25) is 0 Å². The van der Waals surface area contributed by atoms with E-state index in [1.165, 1.54) is 13.2 Å². The molecule has 1 aliphatic rings. The van der Waals surface area contributed by atoms with Gasteiger partial charge in [-0.3, -0.25) is 0 Å². The molecule has 20 heavy (non-hydrogen) atoms. The van der Waals surface area contributed by atoms with E-state index < -0.39 is 17.3 Å². The Hall–Kier alpha value is -0.750. The lowest BCUT2D eigenvalue weighted by molar-refractivity contribution is -0.139. The van der Waals surface area contributed by atoms with Gasteiger partial charge in [0.1, 0.15) is 5.75 Å². The number of halogens is 4. The zero-order valence-electron chi connectivity index (χ0n) is 11.2. The molecule has 1 fully saturated rings. The summed E-state index contributed by atoms with van der Waals surface area (Å²) in [5.41, 5.74) is 4.84. The van der Waals surface area contributed by atoms with Gasteiger partial charge in [0.25, 0.3) is 0 Å². The Balaban J connectivity index is 2.58. The minimum atomic E-state index is -4.44. The number of methoxy groups -OCH3 is 1. The molecule has 0 amide bonds. The molecule has 112 valence electrons. The monoisotopic (exact) mass is 351 g/mol. The SMILES string of the molecule is COc1cc(C(F)(F)F)c(C2(N)CCCCC2)cc1Br. The summed E-state index contributed by atoms with van der Waals surface area (Å²) in [6.45, 7) is 0. The van der Waals surface area contributed by atoms with Crippen molar-refractivity contribution < 1.29 is 17.9 Å². The van der Waals surface area contributed by atoms with Crippen molar-refractivity contribution in [3.8, 4) is 5.75 Å². The molecule has 2 N–H and O–H groups in total. The Morgan fingerprint density at radius 2 is 1.80 bits per heavy atom. The molecule has 1 aromatic rings. The molecule has 0 heterocycles. The predicted molar refractivity (Wildman–Crippen MR) is 74.6 cm³/mol. The summed E-state index contributed by atoms with van der Waals surface area (Å²) in [5.74, 6) is 0.167. The van der Waals surface area contributed by atoms with Gasteiger partial charge in [-0.15, -0.1) is 0 Å². The smallest absolute Gasteiger partial charge is 0.416 e. The molecule has 0 unspecified atom stereocenters. The molecule has 0 bridgehead atoms. The highest BCUT2D eigenvalue weighted by atomic mass is 79.9. The van der Waals surface area contributed by atoms with E-state index in [9.17, 15) is 13.2 Å². The van der Waals surface area contributed by atoms with Gasteiger partial charge in [-0.2, -0.15) is 13.2 Å². The van der Waals surface area contributed by atoms with Gasteiger partial charge in [0.05, 0.1) is 17.1 Å². The average molecular weight is 352 g/mol. The van der Waals surface area contributed by atoms with E-state index in [1.54, 1.807) is 0 Å². The van der Waals surface area contributed by atoms with E-state index in [1.807, 2.05) is 0 Å². The molecule has 0 atom stereocenters. The summed E-state index contributed by atoms with van der Waals surface area (Å²) in [6.07, 6.45) is -0.538. The van der Waals surface area contributed by atoms with Crippen molar-refractivity contribution >= 4 is 15.9 Å². The maximum atomic E-state index is 13.3. The second-order valence-corrected chi connectivity index (χ2v) is 6.10. The maximum Gasteiger partial charge on any atom is 0.416 e. The van der Waals surface area contributed by atoms with Crippen LogP contribution in [-0.2, 0) is 11.7 Å². The highest BCUT2D eigenvalue weighted by Gasteiger charge is 2.41. The Kier molecular flexibility index (Phi) is 4.35. The van der Waals surface area contributed by atoms with Crippen molar-refractivity contribution in [1.82, 2.24) is 0 Å². The van der Waals surface area contributed by atoms with Crippen LogP contribution in [0.3, 0.4) is 0 Å². The number of hydrogen-bond acceptors (Lipinski definition) is 2. The summed E-state index contributed by atoms with van der Waals surface area (Å²) >= 11 is 3.25. The van der Waals surface area contributed by atoms with Crippen LogP contribution in [0.4, 0.5) is 13.2 Å². The fourth-order valence-corrected chi connectivity index (χ4v) is 3.31. The second kappa shape index (κ2) is 5.56. The summed E-state index contributed by atoms with van der Waals surface area (Å²) in [4.78, 5) is 0. The van der Waals surface area contributed by atoms with E-state index in [-0.39, 0.29) is 11.3 Å². The van der Waals surface area contributed by atoms with Crippen LogP contribution >= 0.6 is 15.9 Å². The van der Waals surface area contributed by atoms with Gasteiger partial charge < -0.3 is 10.5 Å². The van der Waals surface area contributed by atoms with Gasteiger partial charge >= 0.3 is 6.18 Å². The van der Waals surface area contributed by atoms with Gasteiger partial charge in [-0.1, -0.05) is 19.3 Å². The third-order valence-corrected chi connectivity index (χ3v) is 4.50. The quantitative estimate of drug-likeness (QED) is 0.845. The van der Waals surface area contributed by atoms with E-state index in [4.69, 9.17) is 10.5 Å². The van der Waals surface area contributed by atoms with Crippen molar-refractivity contribution in [2.75, 3.05) is 7.11 Å². The van der Waals surface area contributed by atoms with E-state index >= 15 is 0 Å². The molecule has 2 rings (SSSR count). The standard InChI is InChI=1S/C14H17BrF3NO/c1-20-12-8-10(14(16,17)18)9(7-11(12)15)13(19)5-3-2-4-6-13/h7-8H,2-6,19H2,1H3. The summed E-state index contributed by atoms with van der Waals surface area (Å²) in [7, 11) is 1.35. The van der Waals surface area contributed by atoms with Crippen LogP contribution in [0.1, 0.15) is 43.2 Å². The average Bonchev–Trinajstić information content (AvgIpc) is 2.38. The van der Waals surface area contributed by atoms with Crippen molar-refractivity contribution in [2.24, 2.45) is 5.73 Å². The molecule has 0 aromatic heterocycles. The lowest BCUT2D eigenvalue weighted by Gasteiger charge is -2.36. The zero-order valence-corrected chi connectivity index (χ0v) is 12.8. The van der Waals surface area contributed by atoms with Crippen molar-refractivity contribution in [1.29, 1.82) is 0 Å². The normalized spacial score (nSPS) is 18.9. The fraction of sp³-hybridized carbons (Fsp3) is 0.571. The van der Waals surface area contributed by atoms with Gasteiger partial charge in [0, 0.05) is 5.54 Å². The second-order valence-electron chi connectivity index (χ2n) is 5.25. The largest absolute Gasteiger partial charge is 0.496 e. The molecule has 1 aromatic carbocycles. The van der Waals surface area contributed by atoms with Gasteiger partial charge in [-0.25, -0.2) is 0 Å². The zero-order chi connectivity index (χ0) is 15.0. The van der Waals surface area contributed by atoms with Gasteiger partial charge in [0.2, 0.25) is 0 Å². The fourth-order valence-electron chi connectivity index (χ4n) is 2.81. The lowest BCUT2D eigenvalue weighted by atomic mass is 9.75. The van der Waals surface area contributed by atoms with Crippen LogP contribution in [0, 0.1) is 0 Å². The van der Waals surface area contributed by atoms with Crippen LogP contribution in [0.5, 0.6) is 5.75 Å². The molecule has 0 aliphatic heterocycles. The first-order valence-corrected chi connectivity index (χ1v) is 7.31. The molecule has 1 aliphatic carbocycles. The third-order valence-electron chi connectivity index (χ3n) is 3.88. The summed E-state index contributed by atoms with van der Waals surface area (Å²) in [5, 5.41) is 0. The number of nitrogens with two attached hydrogens (primary N) is 1. The van der Waals surface area contributed by atoms with Crippen LogP contribution in [0.15, 0.2) is 16.6 Å². The molecular formula is C14H17BrF3NO. The van der Waals surface area contributed by atoms with Crippen LogP contribution in [0.25, 0.3) is 0 Å². The Bertz CT molecular complexity index is 496. The molecule has 0 radical (unpaired) electrons. The van der Waals surface area contributed by atoms with Crippen molar-refractivity contribution in [2.45, 2.75) is 43.8 Å². The molecule has 1 saturated carbocycles. The molecule has 6 heteroatoms. The topological polar surface area (TPSA) is 35.2 Å². The number of alkyl halides is 3. The molecule has 2 nitrogen and oxygen atoms in total. The number of ether oxygens (including phenoxy) is 1. The van der Waals surface area contributed by atoms with E-state index in [0.717, 1.165) is 25.3 Å². The highest BCUT2D eigenvalue weighted by molar-refractivity contribution is 9.10. The number of hydrogen-bond donors (Lipinski definition) is 1. The maximum absolute atomic E-state index is 13.3. The Labute approximate surface area is 124 Å². The minimum Gasteiger partial charge on any atom is -0.496 e. The summed E-state index contributed by atoms with van der Waals surface area (Å²) in [6, 6.07) is 2.50. The molecule has 0 saturated heterocycles. The minimum absolute atomic E-state index is 0.164. The highest BCUT2D eigenvalue weighted by Crippen LogP contribution is 2.45. The molecule has 0 spiro atoms. The first-order valence-electron chi connectivity index (χ1n) is 6.52. The number of benzene rings is 1. The number of rotatable bonds is 2. The predicted octanol–water partition coefficient (Wildman–Crippen LogP) is 4.59. The van der Waals surface area contributed by atoms with Crippen LogP contribution in [-0.4, -0.2) is 7.11 Å². The first-order chi connectivity index (χ1) is 9.28. The van der Waals surface area contributed by atoms with E-state index in [0.29, 0.717) is 17.3 Å². The molecular weight excluding hydrogens is 335 g/mol. The Morgan fingerprint density at radius 3 is 2.30 bits per heavy atom. The lowest BCUT2D eigenvalue weighted by Crippen LogP contribution is -2.40. The summed E-state index contributed by atoms with van der Waals surface area (Å²) < 4.78 is 45.4. The van der Waals surface area contributed by atoms with Crippen LogP contribution < -0.4 is 10.5 Å². The van der Waals surface area contributed by atoms with Crippen molar-refractivity contribution in [3.63, 3.8) is 0 Å². The first kappa shape index (κ1) is 15.6. The van der Waals surface area contributed by atoms with Gasteiger partial charge in [-0.05, 0) is 46.5 Å². The third kappa shape index (κ3) is 2.96. The van der Waals surface area contributed by atoms with Gasteiger partial charge in [0.15, 0.2) is 0 Å². The van der Waals surface area contributed by atoms with E-state index in [2.05, 4.69) is 15.9 Å². The Morgan fingerprint density at radius 1 is 1.20 bits per heavy atom.